The Balaban J connectivity index is 2.32. The first kappa shape index (κ1) is 15.8. The van der Waals surface area contributed by atoms with E-state index >= 15 is 0 Å². The van der Waals surface area contributed by atoms with Crippen LogP contribution < -0.4 is 10.2 Å². The molecule has 0 aliphatic heterocycles. The monoisotopic (exact) mass is 303 g/mol. The van der Waals surface area contributed by atoms with Gasteiger partial charge in [-0.25, -0.2) is 4.98 Å². The second kappa shape index (κ2) is 6.92. The lowest BCUT2D eigenvalue weighted by Gasteiger charge is -2.22. The quantitative estimate of drug-likeness (QED) is 0.896. The summed E-state index contributed by atoms with van der Waals surface area (Å²) in [5.74, 6) is 0.902. The molecule has 0 saturated heterocycles. The maximum atomic E-state index is 6.21. The summed E-state index contributed by atoms with van der Waals surface area (Å²) in [6.45, 7) is 7.87. The van der Waals surface area contributed by atoms with E-state index in [0.29, 0.717) is 11.6 Å². The van der Waals surface area contributed by atoms with Crippen LogP contribution in [0.25, 0.3) is 0 Å². The summed E-state index contributed by atoms with van der Waals surface area (Å²) in [5.41, 5.74) is 4.54. The molecular weight excluding hydrogens is 282 g/mol. The Labute approximate surface area is 132 Å². The van der Waals surface area contributed by atoms with Crippen molar-refractivity contribution in [1.82, 2.24) is 10.3 Å². The summed E-state index contributed by atoms with van der Waals surface area (Å²) in [6.07, 6.45) is 0. The van der Waals surface area contributed by atoms with Crippen molar-refractivity contribution in [2.24, 2.45) is 0 Å². The molecular formula is C17H22ClN3. The smallest absolute Gasteiger partial charge is 0.133 e. The van der Waals surface area contributed by atoms with Gasteiger partial charge in [0, 0.05) is 19.3 Å². The molecule has 1 aromatic heterocycles. The first-order valence-electron chi connectivity index (χ1n) is 7.20. The molecule has 0 radical (unpaired) electrons. The fourth-order valence-electron chi connectivity index (χ4n) is 2.33. The predicted octanol–water partition coefficient (Wildman–Crippen LogP) is 4.23. The van der Waals surface area contributed by atoms with Crippen LogP contribution in [0.3, 0.4) is 0 Å². The number of hydrogen-bond donors (Lipinski definition) is 1. The second-order valence-electron chi connectivity index (χ2n) is 5.23. The van der Waals surface area contributed by atoms with Gasteiger partial charge >= 0.3 is 0 Å². The molecule has 0 spiro atoms. The molecule has 0 atom stereocenters. The number of aryl methyl sites for hydroxylation is 2. The molecule has 112 valence electrons. The van der Waals surface area contributed by atoms with Crippen molar-refractivity contribution in [2.75, 3.05) is 18.5 Å². The van der Waals surface area contributed by atoms with Gasteiger partial charge in [-0.3, -0.25) is 0 Å². The van der Waals surface area contributed by atoms with Gasteiger partial charge in [0.1, 0.15) is 5.82 Å². The van der Waals surface area contributed by atoms with Crippen molar-refractivity contribution in [3.05, 3.63) is 52.2 Å². The molecule has 0 saturated carbocycles. The van der Waals surface area contributed by atoms with E-state index in [1.807, 2.05) is 19.2 Å². The normalized spacial score (nSPS) is 10.7. The standard InChI is InChI=1S/C17H22ClN3/c1-5-19-11-15-14(18)7-9-17(20-15)21(4)16-8-6-12(2)10-13(16)3/h6-10,19H,5,11H2,1-4H3. The zero-order valence-corrected chi connectivity index (χ0v) is 13.8. The van der Waals surface area contributed by atoms with Gasteiger partial charge in [0.25, 0.3) is 0 Å². The van der Waals surface area contributed by atoms with Crippen LogP contribution >= 0.6 is 11.6 Å². The van der Waals surface area contributed by atoms with Gasteiger partial charge in [-0.05, 0) is 44.2 Å². The van der Waals surface area contributed by atoms with E-state index in [0.717, 1.165) is 23.7 Å². The van der Waals surface area contributed by atoms with Crippen LogP contribution in [-0.4, -0.2) is 18.6 Å². The average Bonchev–Trinajstić information content (AvgIpc) is 2.46. The van der Waals surface area contributed by atoms with Gasteiger partial charge in [-0.2, -0.15) is 0 Å². The third-order valence-electron chi connectivity index (χ3n) is 3.50. The Hall–Kier alpha value is -1.58. The second-order valence-corrected chi connectivity index (χ2v) is 5.63. The van der Waals surface area contributed by atoms with Crippen LogP contribution in [0.5, 0.6) is 0 Å². The molecule has 1 aromatic carbocycles. The highest BCUT2D eigenvalue weighted by molar-refractivity contribution is 6.31. The zero-order chi connectivity index (χ0) is 15.4. The maximum absolute atomic E-state index is 6.21. The topological polar surface area (TPSA) is 28.2 Å². The number of nitrogens with zero attached hydrogens (tertiary/aromatic N) is 2. The van der Waals surface area contributed by atoms with Crippen LogP contribution in [0.1, 0.15) is 23.7 Å². The molecule has 0 aliphatic carbocycles. The van der Waals surface area contributed by atoms with Gasteiger partial charge in [-0.1, -0.05) is 36.2 Å². The Bertz CT molecular complexity index is 625. The van der Waals surface area contributed by atoms with E-state index in [4.69, 9.17) is 11.6 Å². The lowest BCUT2D eigenvalue weighted by molar-refractivity contribution is 0.710. The third kappa shape index (κ3) is 3.74. The summed E-state index contributed by atoms with van der Waals surface area (Å²) in [7, 11) is 2.03. The van der Waals surface area contributed by atoms with Gasteiger partial charge in [0.2, 0.25) is 0 Å². The van der Waals surface area contributed by atoms with Crippen LogP contribution in [0.2, 0.25) is 5.02 Å². The minimum absolute atomic E-state index is 0.684. The minimum atomic E-state index is 0.684. The van der Waals surface area contributed by atoms with Gasteiger partial charge in [-0.15, -0.1) is 0 Å². The SMILES string of the molecule is CCNCc1nc(N(C)c2ccc(C)cc2C)ccc1Cl. The molecule has 2 aromatic rings. The van der Waals surface area contributed by atoms with E-state index in [-0.39, 0.29) is 0 Å². The predicted molar refractivity (Wildman–Crippen MR) is 90.6 cm³/mol. The molecule has 21 heavy (non-hydrogen) atoms. The molecule has 1 N–H and O–H groups in total. The largest absolute Gasteiger partial charge is 0.329 e. The van der Waals surface area contributed by atoms with Gasteiger partial charge in [0.15, 0.2) is 0 Å². The van der Waals surface area contributed by atoms with E-state index in [1.54, 1.807) is 0 Å². The summed E-state index contributed by atoms with van der Waals surface area (Å²) in [6, 6.07) is 10.3. The van der Waals surface area contributed by atoms with Crippen LogP contribution in [-0.2, 0) is 6.54 Å². The number of aromatic nitrogens is 1. The van der Waals surface area contributed by atoms with Crippen molar-refractivity contribution in [3.63, 3.8) is 0 Å². The third-order valence-corrected chi connectivity index (χ3v) is 3.85. The lowest BCUT2D eigenvalue weighted by Crippen LogP contribution is -2.17. The average molecular weight is 304 g/mol. The Morgan fingerprint density at radius 2 is 1.95 bits per heavy atom. The van der Waals surface area contributed by atoms with Crippen LogP contribution in [0, 0.1) is 13.8 Å². The number of hydrogen-bond acceptors (Lipinski definition) is 3. The maximum Gasteiger partial charge on any atom is 0.133 e. The number of anilines is 2. The molecule has 0 fully saturated rings. The van der Waals surface area contributed by atoms with E-state index in [1.165, 1.54) is 11.1 Å². The van der Waals surface area contributed by atoms with Crippen molar-refractivity contribution >= 4 is 23.1 Å². The summed E-state index contributed by atoms with van der Waals surface area (Å²) < 4.78 is 0. The summed E-state index contributed by atoms with van der Waals surface area (Å²) in [5, 5.41) is 3.97. The van der Waals surface area contributed by atoms with Crippen molar-refractivity contribution in [2.45, 2.75) is 27.3 Å². The summed E-state index contributed by atoms with van der Waals surface area (Å²) in [4.78, 5) is 6.78. The number of pyridine rings is 1. The highest BCUT2D eigenvalue weighted by atomic mass is 35.5. The van der Waals surface area contributed by atoms with E-state index < -0.39 is 0 Å². The highest BCUT2D eigenvalue weighted by Crippen LogP contribution is 2.27. The molecule has 0 unspecified atom stereocenters. The number of rotatable bonds is 5. The Morgan fingerprint density at radius 3 is 2.62 bits per heavy atom. The van der Waals surface area contributed by atoms with Crippen LogP contribution in [0.15, 0.2) is 30.3 Å². The minimum Gasteiger partial charge on any atom is -0.329 e. The number of halogens is 1. The number of benzene rings is 1. The lowest BCUT2D eigenvalue weighted by atomic mass is 10.1. The van der Waals surface area contributed by atoms with Crippen LogP contribution in [0.4, 0.5) is 11.5 Å². The van der Waals surface area contributed by atoms with E-state index in [2.05, 4.69) is 54.2 Å². The molecule has 0 bridgehead atoms. The first-order chi connectivity index (χ1) is 10.0. The fraction of sp³-hybridized carbons (Fsp3) is 0.353. The number of nitrogens with one attached hydrogen (secondary N) is 1. The Morgan fingerprint density at radius 1 is 1.19 bits per heavy atom. The molecule has 2 rings (SSSR count). The molecule has 0 amide bonds. The Kier molecular flexibility index (Phi) is 5.21. The molecule has 3 nitrogen and oxygen atoms in total. The zero-order valence-electron chi connectivity index (χ0n) is 13.1. The van der Waals surface area contributed by atoms with Gasteiger partial charge < -0.3 is 10.2 Å². The molecule has 0 aliphatic rings. The first-order valence-corrected chi connectivity index (χ1v) is 7.58. The summed E-state index contributed by atoms with van der Waals surface area (Å²) >= 11 is 6.21. The molecule has 4 heteroatoms. The van der Waals surface area contributed by atoms with E-state index in [9.17, 15) is 0 Å². The van der Waals surface area contributed by atoms with Gasteiger partial charge in [0.05, 0.1) is 10.7 Å². The van der Waals surface area contributed by atoms with Crippen molar-refractivity contribution in [3.8, 4) is 0 Å². The van der Waals surface area contributed by atoms with Crippen molar-refractivity contribution in [1.29, 1.82) is 0 Å². The molecule has 1 heterocycles. The van der Waals surface area contributed by atoms with Crippen molar-refractivity contribution < 1.29 is 0 Å². The highest BCUT2D eigenvalue weighted by Gasteiger charge is 2.11. The fourth-order valence-corrected chi connectivity index (χ4v) is 2.50.